The van der Waals surface area contributed by atoms with Gasteiger partial charge >= 0.3 is 6.03 Å². The SMILES string of the molecule is COc1ncc(N2CCc3c(F)cccc3N(Cc3c(C)cc(F)cc3F)C2=O)cc1S(C)(=O)=O. The molecule has 3 aromatic rings. The highest BCUT2D eigenvalue weighted by atomic mass is 32.2. The van der Waals surface area contributed by atoms with Crippen molar-refractivity contribution in [1.29, 1.82) is 0 Å². The molecule has 4 rings (SSSR count). The number of sulfone groups is 1. The first-order valence-electron chi connectivity index (χ1n) is 10.6. The number of rotatable bonds is 5. The molecule has 0 bridgehead atoms. The number of fused-ring (bicyclic) bond motifs is 1. The third-order valence-electron chi connectivity index (χ3n) is 5.84. The maximum absolute atomic E-state index is 14.8. The molecule has 184 valence electrons. The molecule has 0 spiro atoms. The van der Waals surface area contributed by atoms with Gasteiger partial charge in [-0.15, -0.1) is 0 Å². The summed E-state index contributed by atoms with van der Waals surface area (Å²) >= 11 is 0. The van der Waals surface area contributed by atoms with Gasteiger partial charge in [-0.2, -0.15) is 0 Å². The smallest absolute Gasteiger partial charge is 0.329 e. The molecule has 1 aliphatic rings. The predicted octanol–water partition coefficient (Wildman–Crippen LogP) is 4.41. The van der Waals surface area contributed by atoms with E-state index in [2.05, 4.69) is 4.98 Å². The third-order valence-corrected chi connectivity index (χ3v) is 6.93. The van der Waals surface area contributed by atoms with Crippen LogP contribution in [0.25, 0.3) is 0 Å². The molecule has 2 amide bonds. The molecule has 7 nitrogen and oxygen atoms in total. The summed E-state index contributed by atoms with van der Waals surface area (Å²) in [4.78, 5) is 20.0. The Balaban J connectivity index is 1.84. The quantitative estimate of drug-likeness (QED) is 0.513. The van der Waals surface area contributed by atoms with Crippen LogP contribution in [-0.4, -0.2) is 39.3 Å². The Kier molecular flexibility index (Phi) is 6.46. The first kappa shape index (κ1) is 24.5. The largest absolute Gasteiger partial charge is 0.480 e. The number of methoxy groups -OCH3 is 1. The van der Waals surface area contributed by atoms with Gasteiger partial charge in [-0.25, -0.2) is 31.4 Å². The third kappa shape index (κ3) is 4.68. The summed E-state index contributed by atoms with van der Waals surface area (Å²) in [6, 6.07) is 6.73. The zero-order chi connectivity index (χ0) is 25.5. The minimum Gasteiger partial charge on any atom is -0.480 e. The number of anilines is 2. The molecular formula is C24H22F3N3O4S. The van der Waals surface area contributed by atoms with E-state index in [0.717, 1.165) is 18.4 Å². The standard InChI is InChI=1S/C24H22F3N3O4S/c1-14-9-15(25)10-20(27)18(14)13-30-21-6-4-5-19(26)17(21)7-8-29(24(30)31)16-11-22(35(3,32)33)23(34-2)28-12-16/h4-6,9-12H,7-8,13H2,1-3H3. The Hall–Kier alpha value is -3.60. The average Bonchev–Trinajstić information content (AvgIpc) is 2.92. The van der Waals surface area contributed by atoms with Crippen molar-refractivity contribution in [3.63, 3.8) is 0 Å². The maximum atomic E-state index is 14.8. The molecule has 0 radical (unpaired) electrons. The van der Waals surface area contributed by atoms with Gasteiger partial charge in [0.25, 0.3) is 0 Å². The molecule has 1 aliphatic heterocycles. The van der Waals surface area contributed by atoms with E-state index in [-0.39, 0.29) is 58.4 Å². The number of amides is 2. The molecule has 0 saturated heterocycles. The van der Waals surface area contributed by atoms with Crippen molar-refractivity contribution in [3.8, 4) is 5.88 Å². The van der Waals surface area contributed by atoms with Gasteiger partial charge in [0, 0.05) is 30.0 Å². The molecule has 0 N–H and O–H groups in total. The van der Waals surface area contributed by atoms with Crippen LogP contribution in [0.15, 0.2) is 47.5 Å². The van der Waals surface area contributed by atoms with E-state index in [1.165, 1.54) is 48.2 Å². The van der Waals surface area contributed by atoms with Gasteiger partial charge in [-0.1, -0.05) is 6.07 Å². The van der Waals surface area contributed by atoms with Crippen LogP contribution in [0.1, 0.15) is 16.7 Å². The van der Waals surface area contributed by atoms with Crippen molar-refractivity contribution in [1.82, 2.24) is 4.98 Å². The molecule has 2 heterocycles. The maximum Gasteiger partial charge on any atom is 0.329 e. The number of hydrogen-bond acceptors (Lipinski definition) is 5. The van der Waals surface area contributed by atoms with E-state index in [1.54, 1.807) is 6.07 Å². The van der Waals surface area contributed by atoms with E-state index in [1.807, 2.05) is 0 Å². The zero-order valence-corrected chi connectivity index (χ0v) is 20.0. The Labute approximate surface area is 200 Å². The van der Waals surface area contributed by atoms with E-state index in [9.17, 15) is 26.4 Å². The van der Waals surface area contributed by atoms with Crippen molar-refractivity contribution in [2.24, 2.45) is 0 Å². The summed E-state index contributed by atoms with van der Waals surface area (Å²) < 4.78 is 72.7. The Morgan fingerprint density at radius 3 is 2.51 bits per heavy atom. The highest BCUT2D eigenvalue weighted by Gasteiger charge is 2.32. The second-order valence-corrected chi connectivity index (χ2v) is 10.1. The molecule has 0 atom stereocenters. The Bertz CT molecular complexity index is 1410. The molecule has 0 saturated carbocycles. The second-order valence-electron chi connectivity index (χ2n) is 8.16. The van der Waals surface area contributed by atoms with Crippen LogP contribution in [0.5, 0.6) is 5.88 Å². The lowest BCUT2D eigenvalue weighted by Crippen LogP contribution is -2.43. The number of hydrogen-bond donors (Lipinski definition) is 0. The summed E-state index contributed by atoms with van der Waals surface area (Å²) in [6.07, 6.45) is 2.37. The normalized spacial score (nSPS) is 14.1. The van der Waals surface area contributed by atoms with Crippen LogP contribution < -0.4 is 14.5 Å². The van der Waals surface area contributed by atoms with Crippen LogP contribution >= 0.6 is 0 Å². The zero-order valence-electron chi connectivity index (χ0n) is 19.2. The van der Waals surface area contributed by atoms with Gasteiger partial charge in [-0.05, 0) is 43.2 Å². The number of urea groups is 1. The van der Waals surface area contributed by atoms with E-state index in [4.69, 9.17) is 4.74 Å². The molecule has 0 aliphatic carbocycles. The average molecular weight is 506 g/mol. The monoisotopic (exact) mass is 505 g/mol. The fourth-order valence-corrected chi connectivity index (χ4v) is 4.87. The molecule has 0 unspecified atom stereocenters. The number of nitrogens with zero attached hydrogens (tertiary/aromatic N) is 3. The fraction of sp³-hybridized carbons (Fsp3) is 0.250. The van der Waals surface area contributed by atoms with E-state index < -0.39 is 33.3 Å². The molecular weight excluding hydrogens is 483 g/mol. The number of carbonyl (C=O) groups excluding carboxylic acids is 1. The summed E-state index contributed by atoms with van der Waals surface area (Å²) in [6.45, 7) is 1.22. The van der Waals surface area contributed by atoms with Crippen LogP contribution in [0.3, 0.4) is 0 Å². The van der Waals surface area contributed by atoms with Crippen LogP contribution in [0.2, 0.25) is 0 Å². The topological polar surface area (TPSA) is 79.8 Å². The van der Waals surface area contributed by atoms with Gasteiger partial charge in [-0.3, -0.25) is 9.80 Å². The fourth-order valence-electron chi connectivity index (χ4n) is 4.09. The van der Waals surface area contributed by atoms with Gasteiger partial charge in [0.2, 0.25) is 5.88 Å². The number of ether oxygens (including phenoxy) is 1. The van der Waals surface area contributed by atoms with Gasteiger partial charge in [0.05, 0.1) is 31.2 Å². The van der Waals surface area contributed by atoms with E-state index >= 15 is 0 Å². The lowest BCUT2D eigenvalue weighted by molar-refractivity contribution is 0.251. The van der Waals surface area contributed by atoms with E-state index in [0.29, 0.717) is 0 Å². The molecule has 11 heteroatoms. The van der Waals surface area contributed by atoms with Crippen molar-refractivity contribution < 1.29 is 31.1 Å². The number of aromatic nitrogens is 1. The Morgan fingerprint density at radius 1 is 1.11 bits per heavy atom. The first-order valence-corrected chi connectivity index (χ1v) is 12.5. The molecule has 0 fully saturated rings. The molecule has 1 aromatic heterocycles. The van der Waals surface area contributed by atoms with Crippen molar-refractivity contribution in [2.45, 2.75) is 24.8 Å². The van der Waals surface area contributed by atoms with Crippen LogP contribution in [0, 0.1) is 24.4 Å². The first-order chi connectivity index (χ1) is 16.5. The Morgan fingerprint density at radius 2 is 1.86 bits per heavy atom. The highest BCUT2D eigenvalue weighted by Crippen LogP contribution is 2.34. The number of aryl methyl sites for hydroxylation is 1. The van der Waals surface area contributed by atoms with Crippen LogP contribution in [0.4, 0.5) is 29.3 Å². The van der Waals surface area contributed by atoms with Crippen molar-refractivity contribution in [2.75, 3.05) is 29.7 Å². The lowest BCUT2D eigenvalue weighted by atomic mass is 10.1. The minimum atomic E-state index is -3.76. The number of pyridine rings is 1. The molecule has 2 aromatic carbocycles. The number of carbonyl (C=O) groups is 1. The van der Waals surface area contributed by atoms with Gasteiger partial charge < -0.3 is 4.74 Å². The summed E-state index contributed by atoms with van der Waals surface area (Å²) in [7, 11) is -2.48. The predicted molar refractivity (Wildman–Crippen MR) is 124 cm³/mol. The minimum absolute atomic E-state index is 0.00532. The molecule has 35 heavy (non-hydrogen) atoms. The highest BCUT2D eigenvalue weighted by molar-refractivity contribution is 7.90. The van der Waals surface area contributed by atoms with Gasteiger partial charge in [0.15, 0.2) is 9.84 Å². The van der Waals surface area contributed by atoms with Crippen molar-refractivity contribution >= 4 is 27.2 Å². The summed E-state index contributed by atoms with van der Waals surface area (Å²) in [5.74, 6) is -2.26. The van der Waals surface area contributed by atoms with Crippen LogP contribution in [-0.2, 0) is 22.8 Å². The summed E-state index contributed by atoms with van der Waals surface area (Å²) in [5.41, 5.74) is 0.987. The number of benzene rings is 2. The van der Waals surface area contributed by atoms with Gasteiger partial charge in [0.1, 0.15) is 22.3 Å². The van der Waals surface area contributed by atoms with Crippen molar-refractivity contribution in [3.05, 3.63) is 76.7 Å². The summed E-state index contributed by atoms with van der Waals surface area (Å²) in [5, 5.41) is 0. The second kappa shape index (κ2) is 9.21. The number of halogens is 3. The lowest BCUT2D eigenvalue weighted by Gasteiger charge is -2.29.